The minimum atomic E-state index is -0.765. The standard InChI is InChI=1S/C13H24N2O3/c1-5-13(3,4)14-11(16)8-15-6-9(2)10(7-15)12(17)18/h9-10H,5-8H2,1-4H3,(H,14,16)(H,17,18)/t9-,10-/m1/s1. The van der Waals surface area contributed by atoms with E-state index in [9.17, 15) is 9.59 Å². The van der Waals surface area contributed by atoms with Crippen LogP contribution >= 0.6 is 0 Å². The summed E-state index contributed by atoms with van der Waals surface area (Å²) in [7, 11) is 0. The number of carbonyl (C=O) groups is 2. The van der Waals surface area contributed by atoms with Crippen LogP contribution in [0, 0.1) is 11.8 Å². The quantitative estimate of drug-likeness (QED) is 0.768. The first-order chi connectivity index (χ1) is 8.25. The monoisotopic (exact) mass is 256 g/mol. The highest BCUT2D eigenvalue weighted by Crippen LogP contribution is 2.22. The van der Waals surface area contributed by atoms with Gasteiger partial charge < -0.3 is 10.4 Å². The molecule has 1 aliphatic rings. The van der Waals surface area contributed by atoms with E-state index >= 15 is 0 Å². The summed E-state index contributed by atoms with van der Waals surface area (Å²) in [5.74, 6) is -1.04. The average molecular weight is 256 g/mol. The van der Waals surface area contributed by atoms with Gasteiger partial charge in [0.2, 0.25) is 5.91 Å². The summed E-state index contributed by atoms with van der Waals surface area (Å²) in [4.78, 5) is 24.8. The van der Waals surface area contributed by atoms with Crippen LogP contribution < -0.4 is 5.32 Å². The predicted octanol–water partition coefficient (Wildman–Crippen LogP) is 0.944. The molecule has 0 aromatic rings. The number of carboxylic acids is 1. The molecule has 0 radical (unpaired) electrons. The smallest absolute Gasteiger partial charge is 0.308 e. The number of aliphatic carboxylic acids is 1. The van der Waals surface area contributed by atoms with Gasteiger partial charge in [-0.1, -0.05) is 13.8 Å². The maximum absolute atomic E-state index is 11.9. The number of rotatable bonds is 5. The average Bonchev–Trinajstić information content (AvgIpc) is 2.58. The Kier molecular flexibility index (Phi) is 4.73. The van der Waals surface area contributed by atoms with E-state index in [0.717, 1.165) is 6.42 Å². The van der Waals surface area contributed by atoms with Gasteiger partial charge in [0, 0.05) is 18.6 Å². The molecule has 1 amide bonds. The Morgan fingerprint density at radius 2 is 2.00 bits per heavy atom. The zero-order chi connectivity index (χ0) is 13.9. The molecule has 1 rings (SSSR count). The maximum Gasteiger partial charge on any atom is 0.308 e. The molecular formula is C13H24N2O3. The summed E-state index contributed by atoms with van der Waals surface area (Å²) < 4.78 is 0. The third-order valence-electron chi connectivity index (χ3n) is 3.73. The van der Waals surface area contributed by atoms with Gasteiger partial charge in [-0.05, 0) is 26.2 Å². The molecule has 18 heavy (non-hydrogen) atoms. The zero-order valence-electron chi connectivity index (χ0n) is 11.7. The largest absolute Gasteiger partial charge is 0.481 e. The van der Waals surface area contributed by atoms with Crippen molar-refractivity contribution in [1.82, 2.24) is 10.2 Å². The van der Waals surface area contributed by atoms with Crippen LogP contribution in [-0.2, 0) is 9.59 Å². The fourth-order valence-electron chi connectivity index (χ4n) is 2.23. The second kappa shape index (κ2) is 5.69. The molecule has 1 heterocycles. The fourth-order valence-corrected chi connectivity index (χ4v) is 2.23. The van der Waals surface area contributed by atoms with Crippen LogP contribution in [0.1, 0.15) is 34.1 Å². The number of nitrogens with zero attached hydrogens (tertiary/aromatic N) is 1. The van der Waals surface area contributed by atoms with Crippen LogP contribution in [0.5, 0.6) is 0 Å². The highest BCUT2D eigenvalue weighted by Gasteiger charge is 2.35. The van der Waals surface area contributed by atoms with Crippen molar-refractivity contribution in [1.29, 1.82) is 0 Å². The lowest BCUT2D eigenvalue weighted by molar-refractivity contribution is -0.142. The molecular weight excluding hydrogens is 232 g/mol. The lowest BCUT2D eigenvalue weighted by Gasteiger charge is -2.26. The molecule has 1 fully saturated rings. The van der Waals surface area contributed by atoms with Crippen LogP contribution in [0.3, 0.4) is 0 Å². The number of nitrogens with one attached hydrogen (secondary N) is 1. The highest BCUT2D eigenvalue weighted by atomic mass is 16.4. The van der Waals surface area contributed by atoms with Crippen molar-refractivity contribution < 1.29 is 14.7 Å². The van der Waals surface area contributed by atoms with Crippen molar-refractivity contribution >= 4 is 11.9 Å². The second-order valence-corrected chi connectivity index (χ2v) is 5.90. The first-order valence-corrected chi connectivity index (χ1v) is 6.51. The Labute approximate surface area is 109 Å². The van der Waals surface area contributed by atoms with Crippen LogP contribution in [0.25, 0.3) is 0 Å². The van der Waals surface area contributed by atoms with E-state index in [2.05, 4.69) is 5.32 Å². The van der Waals surface area contributed by atoms with Crippen molar-refractivity contribution in [2.24, 2.45) is 11.8 Å². The molecule has 0 bridgehead atoms. The Hall–Kier alpha value is -1.10. The van der Waals surface area contributed by atoms with Gasteiger partial charge in [-0.3, -0.25) is 14.5 Å². The summed E-state index contributed by atoms with van der Waals surface area (Å²) in [6, 6.07) is 0. The number of hydrogen-bond acceptors (Lipinski definition) is 3. The number of likely N-dealkylation sites (tertiary alicyclic amines) is 1. The Bertz CT molecular complexity index is 328. The maximum atomic E-state index is 11.9. The Morgan fingerprint density at radius 1 is 1.39 bits per heavy atom. The van der Waals surface area contributed by atoms with Gasteiger partial charge in [-0.2, -0.15) is 0 Å². The lowest BCUT2D eigenvalue weighted by atomic mass is 9.99. The summed E-state index contributed by atoms with van der Waals surface area (Å²) in [6.45, 7) is 9.35. The van der Waals surface area contributed by atoms with Gasteiger partial charge >= 0.3 is 5.97 Å². The molecule has 5 nitrogen and oxygen atoms in total. The van der Waals surface area contributed by atoms with Crippen molar-refractivity contribution in [2.45, 2.75) is 39.7 Å². The van der Waals surface area contributed by atoms with E-state index < -0.39 is 5.97 Å². The topological polar surface area (TPSA) is 69.6 Å². The molecule has 2 N–H and O–H groups in total. The number of amides is 1. The SMILES string of the molecule is CCC(C)(C)NC(=O)CN1C[C@@H](C)[C@H](C(=O)O)C1. The van der Waals surface area contributed by atoms with Gasteiger partial charge in [-0.15, -0.1) is 0 Å². The van der Waals surface area contributed by atoms with Crippen molar-refractivity contribution in [2.75, 3.05) is 19.6 Å². The molecule has 1 saturated heterocycles. The molecule has 0 spiro atoms. The van der Waals surface area contributed by atoms with E-state index in [0.29, 0.717) is 13.1 Å². The highest BCUT2D eigenvalue weighted by molar-refractivity contribution is 5.79. The van der Waals surface area contributed by atoms with E-state index in [-0.39, 0.29) is 29.8 Å². The van der Waals surface area contributed by atoms with E-state index in [1.54, 1.807) is 0 Å². The summed E-state index contributed by atoms with van der Waals surface area (Å²) in [6.07, 6.45) is 0.868. The summed E-state index contributed by atoms with van der Waals surface area (Å²) >= 11 is 0. The number of hydrogen-bond donors (Lipinski definition) is 2. The van der Waals surface area contributed by atoms with Gasteiger partial charge in [-0.25, -0.2) is 0 Å². The predicted molar refractivity (Wildman–Crippen MR) is 69.2 cm³/mol. The molecule has 0 aliphatic carbocycles. The molecule has 0 unspecified atom stereocenters. The molecule has 0 aromatic carbocycles. The fraction of sp³-hybridized carbons (Fsp3) is 0.846. The van der Waals surface area contributed by atoms with Gasteiger partial charge in [0.1, 0.15) is 0 Å². The van der Waals surface area contributed by atoms with Crippen LogP contribution in [0.4, 0.5) is 0 Å². The molecule has 0 saturated carbocycles. The number of carboxylic acid groups (broad SMARTS) is 1. The minimum Gasteiger partial charge on any atom is -0.481 e. The van der Waals surface area contributed by atoms with Crippen LogP contribution in [0.2, 0.25) is 0 Å². The zero-order valence-corrected chi connectivity index (χ0v) is 11.7. The van der Waals surface area contributed by atoms with Gasteiger partial charge in [0.15, 0.2) is 0 Å². The lowest BCUT2D eigenvalue weighted by Crippen LogP contribution is -2.47. The van der Waals surface area contributed by atoms with E-state index in [4.69, 9.17) is 5.11 Å². The van der Waals surface area contributed by atoms with Crippen LogP contribution in [-0.4, -0.2) is 47.1 Å². The van der Waals surface area contributed by atoms with Crippen molar-refractivity contribution in [3.8, 4) is 0 Å². The van der Waals surface area contributed by atoms with Crippen molar-refractivity contribution in [3.63, 3.8) is 0 Å². The Balaban J connectivity index is 2.45. The summed E-state index contributed by atoms with van der Waals surface area (Å²) in [5, 5.41) is 12.0. The third-order valence-corrected chi connectivity index (χ3v) is 3.73. The second-order valence-electron chi connectivity index (χ2n) is 5.90. The summed E-state index contributed by atoms with van der Waals surface area (Å²) in [5.41, 5.74) is -0.200. The van der Waals surface area contributed by atoms with Gasteiger partial charge in [0.05, 0.1) is 12.5 Å². The molecule has 0 aromatic heterocycles. The Morgan fingerprint density at radius 3 is 2.44 bits per heavy atom. The van der Waals surface area contributed by atoms with Crippen molar-refractivity contribution in [3.05, 3.63) is 0 Å². The van der Waals surface area contributed by atoms with E-state index in [1.807, 2.05) is 32.6 Å². The molecule has 104 valence electrons. The normalized spacial score (nSPS) is 25.1. The third kappa shape index (κ3) is 3.98. The first-order valence-electron chi connectivity index (χ1n) is 6.51. The van der Waals surface area contributed by atoms with E-state index in [1.165, 1.54) is 0 Å². The number of carbonyl (C=O) groups excluding carboxylic acids is 1. The first kappa shape index (κ1) is 15.0. The minimum absolute atomic E-state index is 0.0277. The molecule has 5 heteroatoms. The molecule has 2 atom stereocenters. The van der Waals surface area contributed by atoms with Crippen LogP contribution in [0.15, 0.2) is 0 Å². The molecule has 1 aliphatic heterocycles. The van der Waals surface area contributed by atoms with Gasteiger partial charge in [0.25, 0.3) is 0 Å².